The summed E-state index contributed by atoms with van der Waals surface area (Å²) >= 11 is 0. The largest absolute Gasteiger partial charge is 0.352 e. The summed E-state index contributed by atoms with van der Waals surface area (Å²) in [7, 11) is 0. The second-order valence-electron chi connectivity index (χ2n) is 6.48. The van der Waals surface area contributed by atoms with E-state index in [-0.39, 0.29) is 30.4 Å². The predicted octanol–water partition coefficient (Wildman–Crippen LogP) is 2.45. The lowest BCUT2D eigenvalue weighted by Gasteiger charge is -2.22. The number of nitrogens with one attached hydrogen (secondary N) is 3. The summed E-state index contributed by atoms with van der Waals surface area (Å²) in [5.74, 6) is 0.0195. The van der Waals surface area contributed by atoms with Crippen LogP contribution in [0.25, 0.3) is 0 Å². The lowest BCUT2D eigenvalue weighted by molar-refractivity contribution is -0.121. The quantitative estimate of drug-likeness (QED) is 0.449. The van der Waals surface area contributed by atoms with Crippen LogP contribution in [-0.4, -0.2) is 37.1 Å². The maximum atomic E-state index is 11.8. The van der Waals surface area contributed by atoms with E-state index in [4.69, 9.17) is 5.73 Å². The van der Waals surface area contributed by atoms with Crippen molar-refractivity contribution in [3.63, 3.8) is 0 Å². The van der Waals surface area contributed by atoms with E-state index < -0.39 is 0 Å². The fourth-order valence-corrected chi connectivity index (χ4v) is 2.93. The van der Waals surface area contributed by atoms with Crippen LogP contribution < -0.4 is 21.7 Å². The van der Waals surface area contributed by atoms with Gasteiger partial charge in [0.25, 0.3) is 0 Å². The Morgan fingerprint density at radius 3 is 2.50 bits per heavy atom. The zero-order chi connectivity index (χ0) is 16.9. The monoisotopic (exact) mass is 362 g/mol. The second-order valence-corrected chi connectivity index (χ2v) is 6.48. The fourth-order valence-electron chi connectivity index (χ4n) is 2.93. The molecule has 1 atom stereocenters. The maximum Gasteiger partial charge on any atom is 0.315 e. The molecule has 1 saturated carbocycles. The molecule has 7 heteroatoms. The normalized spacial score (nSPS) is 15.9. The Balaban J connectivity index is 0.00000529. The molecule has 0 aromatic heterocycles. The first-order chi connectivity index (χ1) is 11.2. The van der Waals surface area contributed by atoms with E-state index in [0.29, 0.717) is 32.0 Å². The predicted molar refractivity (Wildman–Crippen MR) is 100 cm³/mol. The number of halogens is 1. The zero-order valence-corrected chi connectivity index (χ0v) is 15.8. The topological polar surface area (TPSA) is 96.2 Å². The van der Waals surface area contributed by atoms with E-state index in [1.54, 1.807) is 0 Å². The molecular formula is C17H35ClN4O2. The third-order valence-corrected chi connectivity index (χ3v) is 4.36. The number of hydrogen-bond acceptors (Lipinski definition) is 3. The van der Waals surface area contributed by atoms with Crippen LogP contribution in [0.5, 0.6) is 0 Å². The molecule has 142 valence electrons. The van der Waals surface area contributed by atoms with Gasteiger partial charge in [-0.15, -0.1) is 12.4 Å². The van der Waals surface area contributed by atoms with Crippen molar-refractivity contribution in [2.24, 2.45) is 5.73 Å². The van der Waals surface area contributed by atoms with Crippen LogP contribution in [0.3, 0.4) is 0 Å². The summed E-state index contributed by atoms with van der Waals surface area (Å²) in [6.07, 6.45) is 10.0. The van der Waals surface area contributed by atoms with Gasteiger partial charge >= 0.3 is 6.03 Å². The molecule has 0 aromatic carbocycles. The number of hydrogen-bond donors (Lipinski definition) is 4. The lowest BCUT2D eigenvalue weighted by Crippen LogP contribution is -2.43. The van der Waals surface area contributed by atoms with Gasteiger partial charge < -0.3 is 21.7 Å². The van der Waals surface area contributed by atoms with Crippen molar-refractivity contribution < 1.29 is 9.59 Å². The first-order valence-electron chi connectivity index (χ1n) is 9.19. The number of urea groups is 1. The fraction of sp³-hybridized carbons (Fsp3) is 0.882. The summed E-state index contributed by atoms with van der Waals surface area (Å²) in [5.41, 5.74) is 5.67. The molecule has 0 radical (unpaired) electrons. The second kappa shape index (κ2) is 14.3. The molecule has 5 N–H and O–H groups in total. The molecule has 0 spiro atoms. The van der Waals surface area contributed by atoms with Crippen LogP contribution in [0.15, 0.2) is 0 Å². The Morgan fingerprint density at radius 2 is 1.88 bits per heavy atom. The molecule has 3 amide bonds. The lowest BCUT2D eigenvalue weighted by atomic mass is 9.96. The average molecular weight is 363 g/mol. The Hall–Kier alpha value is -1.01. The summed E-state index contributed by atoms with van der Waals surface area (Å²) < 4.78 is 0. The van der Waals surface area contributed by atoms with Crippen LogP contribution in [0, 0.1) is 0 Å². The summed E-state index contributed by atoms with van der Waals surface area (Å²) in [6.45, 7) is 3.13. The van der Waals surface area contributed by atoms with Crippen LogP contribution in [0.4, 0.5) is 4.79 Å². The van der Waals surface area contributed by atoms with Crippen LogP contribution in [0.2, 0.25) is 0 Å². The van der Waals surface area contributed by atoms with Crippen LogP contribution in [-0.2, 0) is 4.79 Å². The van der Waals surface area contributed by atoms with Gasteiger partial charge in [0.15, 0.2) is 0 Å². The first-order valence-corrected chi connectivity index (χ1v) is 9.19. The van der Waals surface area contributed by atoms with Crippen molar-refractivity contribution >= 4 is 24.3 Å². The minimum absolute atomic E-state index is 0. The summed E-state index contributed by atoms with van der Waals surface area (Å²) in [4.78, 5) is 23.6. The van der Waals surface area contributed by atoms with E-state index in [9.17, 15) is 9.59 Å². The first kappa shape index (κ1) is 23.0. The van der Waals surface area contributed by atoms with Crippen molar-refractivity contribution in [3.8, 4) is 0 Å². The highest BCUT2D eigenvalue weighted by Crippen LogP contribution is 2.17. The van der Waals surface area contributed by atoms with E-state index >= 15 is 0 Å². The summed E-state index contributed by atoms with van der Waals surface area (Å²) in [6, 6.07) is 0.279. The Kier molecular flexibility index (Phi) is 13.7. The standard InChI is InChI=1S/C17H34N4O2.ClH/c1-2-3-8-15(13-18)20-16(22)11-7-12-19-17(23)21-14-9-5-4-6-10-14;/h14-15H,2-13,18H2,1H3,(H,20,22)(H2,19,21,23);1H. The van der Waals surface area contributed by atoms with Crippen LogP contribution in [0.1, 0.15) is 71.1 Å². The minimum atomic E-state index is -0.111. The van der Waals surface area contributed by atoms with Gasteiger partial charge in [0.1, 0.15) is 0 Å². The number of carbonyl (C=O) groups is 2. The van der Waals surface area contributed by atoms with Gasteiger partial charge in [-0.2, -0.15) is 0 Å². The zero-order valence-electron chi connectivity index (χ0n) is 14.9. The highest BCUT2D eigenvalue weighted by molar-refractivity contribution is 5.85. The third kappa shape index (κ3) is 10.7. The molecule has 1 fully saturated rings. The SMILES string of the molecule is CCCCC(CN)NC(=O)CCCNC(=O)NC1CCCCC1.Cl. The van der Waals surface area contributed by atoms with Crippen molar-refractivity contribution in [2.75, 3.05) is 13.1 Å². The highest BCUT2D eigenvalue weighted by atomic mass is 35.5. The van der Waals surface area contributed by atoms with Gasteiger partial charge in [0.05, 0.1) is 0 Å². The smallest absolute Gasteiger partial charge is 0.315 e. The summed E-state index contributed by atoms with van der Waals surface area (Å²) in [5, 5.41) is 8.80. The molecule has 0 heterocycles. The van der Waals surface area contributed by atoms with Crippen molar-refractivity contribution in [1.82, 2.24) is 16.0 Å². The maximum absolute atomic E-state index is 11.8. The van der Waals surface area contributed by atoms with Crippen molar-refractivity contribution in [2.45, 2.75) is 83.2 Å². The van der Waals surface area contributed by atoms with Crippen molar-refractivity contribution in [3.05, 3.63) is 0 Å². The average Bonchev–Trinajstić information content (AvgIpc) is 2.56. The van der Waals surface area contributed by atoms with Gasteiger partial charge in [-0.05, 0) is 25.7 Å². The van der Waals surface area contributed by atoms with E-state index in [2.05, 4.69) is 22.9 Å². The van der Waals surface area contributed by atoms with Crippen LogP contribution >= 0.6 is 12.4 Å². The molecule has 1 rings (SSSR count). The number of nitrogens with two attached hydrogens (primary N) is 1. The molecule has 0 saturated heterocycles. The molecule has 1 aliphatic rings. The molecule has 1 aliphatic carbocycles. The molecule has 24 heavy (non-hydrogen) atoms. The Labute approximate surface area is 152 Å². The third-order valence-electron chi connectivity index (χ3n) is 4.36. The van der Waals surface area contributed by atoms with Gasteiger partial charge in [0.2, 0.25) is 5.91 Å². The van der Waals surface area contributed by atoms with Gasteiger partial charge in [-0.3, -0.25) is 4.79 Å². The molecular weight excluding hydrogens is 328 g/mol. The van der Waals surface area contributed by atoms with E-state index in [0.717, 1.165) is 32.1 Å². The van der Waals surface area contributed by atoms with Gasteiger partial charge in [0, 0.05) is 31.6 Å². The molecule has 6 nitrogen and oxygen atoms in total. The van der Waals surface area contributed by atoms with E-state index in [1.165, 1.54) is 19.3 Å². The number of unbranched alkanes of at least 4 members (excludes halogenated alkanes) is 1. The molecule has 0 bridgehead atoms. The molecule has 0 aliphatic heterocycles. The van der Waals surface area contributed by atoms with Crippen molar-refractivity contribution in [1.29, 1.82) is 0 Å². The molecule has 0 aromatic rings. The van der Waals surface area contributed by atoms with E-state index in [1.807, 2.05) is 0 Å². The molecule has 1 unspecified atom stereocenters. The number of rotatable bonds is 10. The Bertz CT molecular complexity index is 349. The minimum Gasteiger partial charge on any atom is -0.352 e. The Morgan fingerprint density at radius 1 is 1.17 bits per heavy atom. The van der Waals surface area contributed by atoms with Gasteiger partial charge in [-0.1, -0.05) is 39.0 Å². The van der Waals surface area contributed by atoms with Gasteiger partial charge in [-0.25, -0.2) is 4.79 Å². The number of amides is 3. The number of carbonyl (C=O) groups excluding carboxylic acids is 2. The highest BCUT2D eigenvalue weighted by Gasteiger charge is 2.15.